The maximum atomic E-state index is 9.29. The summed E-state index contributed by atoms with van der Waals surface area (Å²) in [7, 11) is 0. The molecule has 1 fully saturated rings. The molecule has 1 aromatic heterocycles. The lowest BCUT2D eigenvalue weighted by Gasteiger charge is -2.27. The number of guanidine groups is 1. The van der Waals surface area contributed by atoms with Gasteiger partial charge in [0.2, 0.25) is 0 Å². The number of nitrogens with one attached hydrogen (secondary N) is 2. The molecule has 2 heterocycles. The van der Waals surface area contributed by atoms with E-state index in [1.807, 2.05) is 0 Å². The summed E-state index contributed by atoms with van der Waals surface area (Å²) in [6, 6.07) is 4.26. The fourth-order valence-electron chi connectivity index (χ4n) is 2.65. The van der Waals surface area contributed by atoms with Crippen molar-refractivity contribution in [1.82, 2.24) is 10.6 Å². The number of aliphatic hydroxyl groups is 1. The highest BCUT2D eigenvalue weighted by atomic mass is 32.1. The van der Waals surface area contributed by atoms with Crippen LogP contribution in [0.25, 0.3) is 0 Å². The fraction of sp³-hybridized carbons (Fsp3) is 0.688. The highest BCUT2D eigenvalue weighted by Crippen LogP contribution is 2.31. The molecule has 2 rings (SSSR count). The molecular weight excluding hydrogens is 298 g/mol. The normalized spacial score (nSPS) is 22.0. The van der Waals surface area contributed by atoms with E-state index in [0.717, 1.165) is 38.5 Å². The van der Waals surface area contributed by atoms with Crippen LogP contribution in [-0.2, 0) is 11.3 Å². The Labute approximate surface area is 136 Å². The maximum absolute atomic E-state index is 9.29. The lowest BCUT2D eigenvalue weighted by atomic mass is 9.84. The van der Waals surface area contributed by atoms with E-state index in [1.54, 1.807) is 11.3 Å². The molecule has 22 heavy (non-hydrogen) atoms. The number of hydrogen-bond donors (Lipinski definition) is 3. The van der Waals surface area contributed by atoms with Crippen LogP contribution in [0.4, 0.5) is 0 Å². The van der Waals surface area contributed by atoms with Gasteiger partial charge in [-0.15, -0.1) is 11.3 Å². The topological polar surface area (TPSA) is 65.9 Å². The van der Waals surface area contributed by atoms with Gasteiger partial charge in [-0.1, -0.05) is 0 Å². The standard InChI is InChI=1S/C16H27N3O2S/c1-3-17-15(18-10-14-5-4-13(2)22-14)19-11-16(6-8-20)7-9-21-12-16/h4-5,20H,3,6-12H2,1-2H3,(H2,17,18,19). The number of aryl methyl sites for hydroxylation is 1. The first-order valence-corrected chi connectivity index (χ1v) is 8.75. The van der Waals surface area contributed by atoms with Gasteiger partial charge in [-0.2, -0.15) is 0 Å². The zero-order valence-corrected chi connectivity index (χ0v) is 14.3. The van der Waals surface area contributed by atoms with E-state index in [0.29, 0.717) is 13.2 Å². The van der Waals surface area contributed by atoms with Gasteiger partial charge in [-0.3, -0.25) is 0 Å². The van der Waals surface area contributed by atoms with Gasteiger partial charge in [-0.25, -0.2) is 4.99 Å². The second-order valence-corrected chi connectivity index (χ2v) is 7.21. The SMILES string of the molecule is CCNC(=NCc1ccc(C)s1)NCC1(CCO)CCOC1. The average molecular weight is 325 g/mol. The predicted molar refractivity (Wildman–Crippen MR) is 91.4 cm³/mol. The van der Waals surface area contributed by atoms with Gasteiger partial charge in [0, 0.05) is 41.5 Å². The van der Waals surface area contributed by atoms with Crippen molar-refractivity contribution < 1.29 is 9.84 Å². The molecule has 0 radical (unpaired) electrons. The van der Waals surface area contributed by atoms with Crippen LogP contribution >= 0.6 is 11.3 Å². The lowest BCUT2D eigenvalue weighted by Crippen LogP contribution is -2.44. The van der Waals surface area contributed by atoms with Crippen LogP contribution in [0.5, 0.6) is 0 Å². The second-order valence-electron chi connectivity index (χ2n) is 5.84. The number of hydrogen-bond acceptors (Lipinski definition) is 4. The van der Waals surface area contributed by atoms with Crippen molar-refractivity contribution in [2.24, 2.45) is 10.4 Å². The van der Waals surface area contributed by atoms with Crippen LogP contribution in [0.1, 0.15) is 29.5 Å². The second kappa shape index (κ2) is 8.50. The molecule has 3 N–H and O–H groups in total. The molecule has 1 saturated heterocycles. The van der Waals surface area contributed by atoms with Gasteiger partial charge in [0.1, 0.15) is 0 Å². The lowest BCUT2D eigenvalue weighted by molar-refractivity contribution is 0.127. The van der Waals surface area contributed by atoms with Crippen LogP contribution in [-0.4, -0.2) is 44.0 Å². The van der Waals surface area contributed by atoms with Crippen molar-refractivity contribution in [3.63, 3.8) is 0 Å². The Balaban J connectivity index is 1.92. The fourth-order valence-corrected chi connectivity index (χ4v) is 3.47. The minimum absolute atomic E-state index is 0.0322. The van der Waals surface area contributed by atoms with Gasteiger partial charge >= 0.3 is 0 Å². The molecule has 0 amide bonds. The van der Waals surface area contributed by atoms with Gasteiger partial charge in [0.05, 0.1) is 13.2 Å². The number of thiophene rings is 1. The molecule has 0 aromatic carbocycles. The zero-order chi connectivity index (χ0) is 15.8. The molecule has 1 aromatic rings. The molecule has 1 aliphatic heterocycles. The van der Waals surface area contributed by atoms with Gasteiger partial charge in [0.25, 0.3) is 0 Å². The van der Waals surface area contributed by atoms with E-state index in [9.17, 15) is 5.11 Å². The summed E-state index contributed by atoms with van der Waals surface area (Å²) >= 11 is 1.78. The number of aliphatic hydroxyl groups excluding tert-OH is 1. The van der Waals surface area contributed by atoms with Gasteiger partial charge < -0.3 is 20.5 Å². The minimum atomic E-state index is 0.0322. The van der Waals surface area contributed by atoms with E-state index in [1.165, 1.54) is 9.75 Å². The van der Waals surface area contributed by atoms with E-state index in [4.69, 9.17) is 4.74 Å². The first kappa shape index (κ1) is 17.2. The Hall–Kier alpha value is -1.11. The number of ether oxygens (including phenoxy) is 1. The van der Waals surface area contributed by atoms with Crippen molar-refractivity contribution in [3.8, 4) is 0 Å². The molecule has 1 unspecified atom stereocenters. The molecule has 0 spiro atoms. The van der Waals surface area contributed by atoms with Crippen molar-refractivity contribution in [2.45, 2.75) is 33.2 Å². The summed E-state index contributed by atoms with van der Waals surface area (Å²) in [5, 5.41) is 16.0. The summed E-state index contributed by atoms with van der Waals surface area (Å²) in [4.78, 5) is 7.23. The van der Waals surface area contributed by atoms with E-state index in [2.05, 4.69) is 41.6 Å². The Kier molecular flexibility index (Phi) is 6.67. The Morgan fingerprint density at radius 1 is 1.45 bits per heavy atom. The molecule has 1 aliphatic rings. The van der Waals surface area contributed by atoms with Gasteiger partial charge in [-0.05, 0) is 38.8 Å². The number of rotatable bonds is 7. The number of aliphatic imine (C=N–C) groups is 1. The summed E-state index contributed by atoms with van der Waals surface area (Å²) in [5.41, 5.74) is 0.0322. The van der Waals surface area contributed by atoms with E-state index >= 15 is 0 Å². The van der Waals surface area contributed by atoms with E-state index < -0.39 is 0 Å². The van der Waals surface area contributed by atoms with Crippen molar-refractivity contribution in [2.75, 3.05) is 32.9 Å². The molecular formula is C16H27N3O2S. The Bertz CT molecular complexity index is 481. The van der Waals surface area contributed by atoms with Gasteiger partial charge in [0.15, 0.2) is 5.96 Å². The molecule has 5 nitrogen and oxygen atoms in total. The largest absolute Gasteiger partial charge is 0.396 e. The third-order valence-corrected chi connectivity index (χ3v) is 4.98. The third kappa shape index (κ3) is 4.97. The molecule has 0 saturated carbocycles. The average Bonchev–Trinajstić information content (AvgIpc) is 3.12. The van der Waals surface area contributed by atoms with Crippen molar-refractivity contribution >= 4 is 17.3 Å². The summed E-state index contributed by atoms with van der Waals surface area (Å²) in [5.74, 6) is 0.831. The number of nitrogens with zero attached hydrogens (tertiary/aromatic N) is 1. The monoisotopic (exact) mass is 325 g/mol. The van der Waals surface area contributed by atoms with Crippen molar-refractivity contribution in [1.29, 1.82) is 0 Å². The predicted octanol–water partition coefficient (Wildman–Crippen LogP) is 1.90. The maximum Gasteiger partial charge on any atom is 0.191 e. The highest BCUT2D eigenvalue weighted by molar-refractivity contribution is 7.11. The summed E-state index contributed by atoms with van der Waals surface area (Å²) in [6.45, 7) is 8.18. The summed E-state index contributed by atoms with van der Waals surface area (Å²) < 4.78 is 5.53. The first-order chi connectivity index (χ1) is 10.7. The van der Waals surface area contributed by atoms with Crippen LogP contribution in [0.2, 0.25) is 0 Å². The van der Waals surface area contributed by atoms with E-state index in [-0.39, 0.29) is 12.0 Å². The van der Waals surface area contributed by atoms with Crippen LogP contribution < -0.4 is 10.6 Å². The quantitative estimate of drug-likeness (QED) is 0.529. The Morgan fingerprint density at radius 3 is 2.91 bits per heavy atom. The zero-order valence-electron chi connectivity index (χ0n) is 13.5. The van der Waals surface area contributed by atoms with Crippen molar-refractivity contribution in [3.05, 3.63) is 21.9 Å². The first-order valence-electron chi connectivity index (χ1n) is 7.93. The smallest absolute Gasteiger partial charge is 0.191 e. The minimum Gasteiger partial charge on any atom is -0.396 e. The molecule has 0 bridgehead atoms. The molecule has 1 atom stereocenters. The van der Waals surface area contributed by atoms with Crippen LogP contribution in [0, 0.1) is 12.3 Å². The highest BCUT2D eigenvalue weighted by Gasteiger charge is 2.34. The summed E-state index contributed by atoms with van der Waals surface area (Å²) in [6.07, 6.45) is 1.76. The van der Waals surface area contributed by atoms with Crippen LogP contribution in [0.3, 0.4) is 0 Å². The molecule has 124 valence electrons. The molecule has 6 heteroatoms. The molecule has 0 aliphatic carbocycles. The van der Waals surface area contributed by atoms with Crippen LogP contribution in [0.15, 0.2) is 17.1 Å². The Morgan fingerprint density at radius 2 is 2.32 bits per heavy atom. The third-order valence-electron chi connectivity index (χ3n) is 3.99.